The highest BCUT2D eigenvalue weighted by Crippen LogP contribution is 2.24. The van der Waals surface area contributed by atoms with Crippen LogP contribution in [0, 0.1) is 6.92 Å². The van der Waals surface area contributed by atoms with Gasteiger partial charge in [-0.2, -0.15) is 0 Å². The number of nitrogens with zero attached hydrogens (tertiary/aromatic N) is 3. The fraction of sp³-hybridized carbons (Fsp3) is 0.250. The highest BCUT2D eigenvalue weighted by molar-refractivity contribution is 7.99. The van der Waals surface area contributed by atoms with Crippen LogP contribution in [0.3, 0.4) is 0 Å². The van der Waals surface area contributed by atoms with Crippen LogP contribution in [0.1, 0.15) is 5.56 Å². The standard InChI is InChI=1S/C12H13N3O3S/c1-8-5-9(18-2)3-4-10(8)15-7-13-14-12(15)19-6-11(16)17/h3-5,7H,6H2,1-2H3,(H,16,17). The number of hydrogen-bond acceptors (Lipinski definition) is 5. The number of hydrogen-bond donors (Lipinski definition) is 1. The van der Waals surface area contributed by atoms with Crippen molar-refractivity contribution in [2.45, 2.75) is 12.1 Å². The molecule has 6 nitrogen and oxygen atoms in total. The van der Waals surface area contributed by atoms with Gasteiger partial charge < -0.3 is 9.84 Å². The minimum absolute atomic E-state index is 0.0477. The number of benzene rings is 1. The van der Waals surface area contributed by atoms with Crippen molar-refractivity contribution >= 4 is 17.7 Å². The largest absolute Gasteiger partial charge is 0.497 e. The second kappa shape index (κ2) is 5.75. The van der Waals surface area contributed by atoms with E-state index in [1.54, 1.807) is 18.0 Å². The van der Waals surface area contributed by atoms with Crippen LogP contribution in [-0.4, -0.2) is 38.7 Å². The van der Waals surface area contributed by atoms with Gasteiger partial charge in [-0.3, -0.25) is 9.36 Å². The molecule has 0 aliphatic heterocycles. The molecule has 1 aromatic heterocycles. The number of carboxylic acids is 1. The van der Waals surface area contributed by atoms with Crippen molar-refractivity contribution in [3.8, 4) is 11.4 Å². The molecule has 2 aromatic rings. The van der Waals surface area contributed by atoms with E-state index in [1.807, 2.05) is 25.1 Å². The lowest BCUT2D eigenvalue weighted by Gasteiger charge is -2.10. The first-order valence-electron chi connectivity index (χ1n) is 5.51. The number of aliphatic carboxylic acids is 1. The molecule has 0 atom stereocenters. The molecule has 2 rings (SSSR count). The van der Waals surface area contributed by atoms with E-state index in [0.717, 1.165) is 28.8 Å². The summed E-state index contributed by atoms with van der Waals surface area (Å²) in [5.41, 5.74) is 1.90. The smallest absolute Gasteiger partial charge is 0.313 e. The molecule has 0 fully saturated rings. The summed E-state index contributed by atoms with van der Waals surface area (Å²) < 4.78 is 6.92. The second-order valence-corrected chi connectivity index (χ2v) is 4.76. The Labute approximate surface area is 114 Å². The molecule has 1 heterocycles. The molecular weight excluding hydrogens is 266 g/mol. The second-order valence-electron chi connectivity index (χ2n) is 3.82. The van der Waals surface area contributed by atoms with E-state index >= 15 is 0 Å². The molecule has 0 saturated heterocycles. The van der Waals surface area contributed by atoms with Gasteiger partial charge >= 0.3 is 5.97 Å². The van der Waals surface area contributed by atoms with Crippen molar-refractivity contribution in [2.24, 2.45) is 0 Å². The Bertz CT molecular complexity index is 598. The Balaban J connectivity index is 2.31. The Kier molecular flexibility index (Phi) is 4.06. The summed E-state index contributed by atoms with van der Waals surface area (Å²) in [5, 5.41) is 17.0. The molecule has 1 N–H and O–H groups in total. The maximum absolute atomic E-state index is 10.6. The lowest BCUT2D eigenvalue weighted by Crippen LogP contribution is -2.02. The van der Waals surface area contributed by atoms with Crippen molar-refractivity contribution in [1.29, 1.82) is 0 Å². The molecule has 1 aromatic carbocycles. The lowest BCUT2D eigenvalue weighted by molar-refractivity contribution is -0.133. The first kappa shape index (κ1) is 13.4. The average molecular weight is 279 g/mol. The quantitative estimate of drug-likeness (QED) is 0.840. The van der Waals surface area contributed by atoms with Gasteiger partial charge in [0.15, 0.2) is 5.16 Å². The van der Waals surface area contributed by atoms with Gasteiger partial charge in [0.25, 0.3) is 0 Å². The average Bonchev–Trinajstić information content (AvgIpc) is 2.84. The number of carbonyl (C=O) groups is 1. The Morgan fingerprint density at radius 1 is 1.53 bits per heavy atom. The molecule has 0 unspecified atom stereocenters. The third kappa shape index (κ3) is 3.05. The minimum atomic E-state index is -0.883. The summed E-state index contributed by atoms with van der Waals surface area (Å²) in [6.45, 7) is 1.95. The molecule has 0 radical (unpaired) electrons. The van der Waals surface area contributed by atoms with E-state index < -0.39 is 5.97 Å². The number of rotatable bonds is 5. The zero-order chi connectivity index (χ0) is 13.8. The van der Waals surface area contributed by atoms with E-state index in [0.29, 0.717) is 5.16 Å². The van der Waals surface area contributed by atoms with Gasteiger partial charge in [-0.05, 0) is 30.7 Å². The minimum Gasteiger partial charge on any atom is -0.497 e. The maximum atomic E-state index is 10.6. The fourth-order valence-electron chi connectivity index (χ4n) is 1.64. The van der Waals surface area contributed by atoms with E-state index in [1.165, 1.54) is 0 Å². The molecule has 0 aliphatic carbocycles. The predicted molar refractivity (Wildman–Crippen MR) is 71.0 cm³/mol. The van der Waals surface area contributed by atoms with E-state index in [4.69, 9.17) is 9.84 Å². The van der Waals surface area contributed by atoms with Crippen LogP contribution in [0.15, 0.2) is 29.7 Å². The van der Waals surface area contributed by atoms with Gasteiger partial charge in [-0.1, -0.05) is 11.8 Å². The van der Waals surface area contributed by atoms with Gasteiger partial charge in [0, 0.05) is 0 Å². The fourth-order valence-corrected chi connectivity index (χ4v) is 2.28. The zero-order valence-electron chi connectivity index (χ0n) is 10.5. The first-order valence-corrected chi connectivity index (χ1v) is 6.50. The summed E-state index contributed by atoms with van der Waals surface area (Å²) in [6, 6.07) is 5.64. The third-order valence-corrected chi connectivity index (χ3v) is 3.43. The Morgan fingerprint density at radius 2 is 2.32 bits per heavy atom. The number of methoxy groups -OCH3 is 1. The number of aromatic nitrogens is 3. The molecule has 0 bridgehead atoms. The Morgan fingerprint density at radius 3 is 2.95 bits per heavy atom. The van der Waals surface area contributed by atoms with Crippen LogP contribution in [0.2, 0.25) is 0 Å². The predicted octanol–water partition coefficient (Wildman–Crippen LogP) is 1.76. The van der Waals surface area contributed by atoms with Crippen LogP contribution >= 0.6 is 11.8 Å². The summed E-state index contributed by atoms with van der Waals surface area (Å²) in [4.78, 5) is 10.6. The molecule has 100 valence electrons. The summed E-state index contributed by atoms with van der Waals surface area (Å²) in [5.74, 6) is -0.159. The molecular formula is C12H13N3O3S. The molecule has 7 heteroatoms. The van der Waals surface area contributed by atoms with Crippen molar-refractivity contribution < 1.29 is 14.6 Å². The highest BCUT2D eigenvalue weighted by Gasteiger charge is 2.11. The normalized spacial score (nSPS) is 10.4. The van der Waals surface area contributed by atoms with Gasteiger partial charge in [-0.15, -0.1) is 10.2 Å². The summed E-state index contributed by atoms with van der Waals surface area (Å²) in [6.07, 6.45) is 1.57. The van der Waals surface area contributed by atoms with Crippen molar-refractivity contribution in [3.05, 3.63) is 30.1 Å². The van der Waals surface area contributed by atoms with Crippen molar-refractivity contribution in [1.82, 2.24) is 14.8 Å². The lowest BCUT2D eigenvalue weighted by atomic mass is 10.2. The van der Waals surface area contributed by atoms with E-state index in [-0.39, 0.29) is 5.75 Å². The van der Waals surface area contributed by atoms with Gasteiger partial charge in [0.05, 0.1) is 18.6 Å². The molecule has 0 spiro atoms. The van der Waals surface area contributed by atoms with Gasteiger partial charge in [0.2, 0.25) is 0 Å². The summed E-state index contributed by atoms with van der Waals surface area (Å²) in [7, 11) is 1.61. The van der Waals surface area contributed by atoms with E-state index in [9.17, 15) is 4.79 Å². The molecule has 0 saturated carbocycles. The van der Waals surface area contributed by atoms with E-state index in [2.05, 4.69) is 10.2 Å². The van der Waals surface area contributed by atoms with Gasteiger partial charge in [-0.25, -0.2) is 0 Å². The number of thioether (sulfide) groups is 1. The van der Waals surface area contributed by atoms with Crippen LogP contribution < -0.4 is 4.74 Å². The zero-order valence-corrected chi connectivity index (χ0v) is 11.3. The molecule has 19 heavy (non-hydrogen) atoms. The van der Waals surface area contributed by atoms with Crippen LogP contribution in [0.25, 0.3) is 5.69 Å². The third-order valence-electron chi connectivity index (χ3n) is 2.50. The molecule has 0 amide bonds. The monoisotopic (exact) mass is 279 g/mol. The first-order chi connectivity index (χ1) is 9.11. The topological polar surface area (TPSA) is 77.2 Å². The SMILES string of the molecule is COc1ccc(-n2cnnc2SCC(=O)O)c(C)c1. The number of carboxylic acid groups (broad SMARTS) is 1. The van der Waals surface area contributed by atoms with Gasteiger partial charge in [0.1, 0.15) is 12.1 Å². The van der Waals surface area contributed by atoms with Crippen LogP contribution in [0.5, 0.6) is 5.75 Å². The highest BCUT2D eigenvalue weighted by atomic mass is 32.2. The Hall–Kier alpha value is -2.02. The van der Waals surface area contributed by atoms with Crippen LogP contribution in [0.4, 0.5) is 0 Å². The summed E-state index contributed by atoms with van der Waals surface area (Å²) >= 11 is 1.13. The maximum Gasteiger partial charge on any atom is 0.313 e. The van der Waals surface area contributed by atoms with Crippen LogP contribution in [-0.2, 0) is 4.79 Å². The number of ether oxygens (including phenoxy) is 1. The molecule has 0 aliphatic rings. The van der Waals surface area contributed by atoms with Crippen molar-refractivity contribution in [3.63, 3.8) is 0 Å². The van der Waals surface area contributed by atoms with Crippen molar-refractivity contribution in [2.75, 3.05) is 12.9 Å². The number of aryl methyl sites for hydroxylation is 1.